The number of aryl methyl sites for hydroxylation is 2. The first kappa shape index (κ1) is 13.7. The maximum atomic E-state index is 12.3. The van der Waals surface area contributed by atoms with Gasteiger partial charge in [-0.2, -0.15) is 0 Å². The number of aromatic nitrogens is 1. The van der Waals surface area contributed by atoms with Crippen molar-refractivity contribution in [3.8, 4) is 0 Å². The molecule has 20 heavy (non-hydrogen) atoms. The maximum absolute atomic E-state index is 12.3. The number of nitrogens with one attached hydrogen (secondary N) is 1. The van der Waals surface area contributed by atoms with Gasteiger partial charge in [-0.25, -0.2) is 17.5 Å². The molecule has 0 bridgehead atoms. The number of benzene rings is 1. The average Bonchev–Trinajstić information content (AvgIpc) is 2.98. The molecule has 0 atom stereocenters. The van der Waals surface area contributed by atoms with Crippen LogP contribution in [0.15, 0.2) is 34.7 Å². The van der Waals surface area contributed by atoms with E-state index < -0.39 is 10.0 Å². The van der Waals surface area contributed by atoms with Crippen molar-refractivity contribution in [2.24, 2.45) is 0 Å². The molecule has 0 radical (unpaired) electrons. The van der Waals surface area contributed by atoms with Crippen molar-refractivity contribution in [2.45, 2.75) is 37.1 Å². The molecular formula is C14H16N2O2S2. The minimum Gasteiger partial charge on any atom is -0.207 e. The Bertz CT molecular complexity index is 694. The number of fused-ring (bicyclic) bond motifs is 1. The van der Waals surface area contributed by atoms with Crippen LogP contribution in [0, 0.1) is 0 Å². The second-order valence-electron chi connectivity index (χ2n) is 4.99. The first-order valence-electron chi connectivity index (χ1n) is 6.65. The minimum absolute atomic E-state index is 0.288. The monoisotopic (exact) mass is 308 g/mol. The third kappa shape index (κ3) is 2.92. The fourth-order valence-corrected chi connectivity index (χ4v) is 4.06. The van der Waals surface area contributed by atoms with E-state index >= 15 is 0 Å². The summed E-state index contributed by atoms with van der Waals surface area (Å²) >= 11 is 1.32. The molecule has 4 nitrogen and oxygen atoms in total. The van der Waals surface area contributed by atoms with E-state index in [-0.39, 0.29) is 6.54 Å². The zero-order valence-corrected chi connectivity index (χ0v) is 12.6. The molecule has 1 heterocycles. The number of hydrogen-bond acceptors (Lipinski definition) is 4. The molecule has 1 aromatic carbocycles. The van der Waals surface area contributed by atoms with Crippen LogP contribution >= 0.6 is 11.5 Å². The van der Waals surface area contributed by atoms with Gasteiger partial charge in [-0.05, 0) is 66.0 Å². The summed E-state index contributed by atoms with van der Waals surface area (Å²) in [6.07, 6.45) is 6.06. The zero-order valence-electron chi connectivity index (χ0n) is 11.0. The fourth-order valence-electron chi connectivity index (χ4n) is 2.45. The standard InChI is InChI=1S/C14H16N2O2S2/c17-20(18,16-9-11-8-15-19-10-11)14-6-5-12-3-1-2-4-13(12)7-14/h5-8,10,16H,1-4,9H2. The molecule has 3 rings (SSSR count). The van der Waals surface area contributed by atoms with Crippen molar-refractivity contribution in [3.63, 3.8) is 0 Å². The normalized spacial score (nSPS) is 15.0. The van der Waals surface area contributed by atoms with Crippen LogP contribution in [0.4, 0.5) is 0 Å². The molecular weight excluding hydrogens is 292 g/mol. The Morgan fingerprint density at radius 3 is 2.75 bits per heavy atom. The molecule has 0 saturated heterocycles. The van der Waals surface area contributed by atoms with Crippen LogP contribution in [0.5, 0.6) is 0 Å². The van der Waals surface area contributed by atoms with E-state index in [0.717, 1.165) is 24.8 Å². The van der Waals surface area contributed by atoms with Gasteiger partial charge < -0.3 is 0 Å². The van der Waals surface area contributed by atoms with Crippen molar-refractivity contribution in [1.29, 1.82) is 0 Å². The summed E-state index contributed by atoms with van der Waals surface area (Å²) in [6.45, 7) is 0.288. The first-order valence-corrected chi connectivity index (χ1v) is 8.97. The molecule has 2 aromatic rings. The molecule has 0 amide bonds. The van der Waals surface area contributed by atoms with Crippen molar-refractivity contribution < 1.29 is 8.42 Å². The maximum Gasteiger partial charge on any atom is 0.240 e. The smallest absolute Gasteiger partial charge is 0.207 e. The molecule has 0 aliphatic heterocycles. The van der Waals surface area contributed by atoms with Crippen LogP contribution in [0.1, 0.15) is 29.5 Å². The highest BCUT2D eigenvalue weighted by Crippen LogP contribution is 2.24. The van der Waals surface area contributed by atoms with Crippen molar-refractivity contribution in [1.82, 2.24) is 9.10 Å². The van der Waals surface area contributed by atoms with Gasteiger partial charge >= 0.3 is 0 Å². The van der Waals surface area contributed by atoms with Crippen LogP contribution in [0.3, 0.4) is 0 Å². The van der Waals surface area contributed by atoms with Crippen LogP contribution in [-0.2, 0) is 29.4 Å². The van der Waals surface area contributed by atoms with Crippen molar-refractivity contribution in [3.05, 3.63) is 46.5 Å². The zero-order chi connectivity index (χ0) is 14.0. The van der Waals surface area contributed by atoms with E-state index in [1.54, 1.807) is 12.3 Å². The Hall–Kier alpha value is -1.24. The summed E-state index contributed by atoms with van der Waals surface area (Å²) in [5.74, 6) is 0. The summed E-state index contributed by atoms with van der Waals surface area (Å²) < 4.78 is 31.2. The lowest BCUT2D eigenvalue weighted by atomic mass is 9.92. The number of rotatable bonds is 4. The molecule has 0 fully saturated rings. The molecule has 0 saturated carbocycles. The Kier molecular flexibility index (Phi) is 3.87. The van der Waals surface area contributed by atoms with Gasteiger partial charge in [-0.3, -0.25) is 0 Å². The first-order chi connectivity index (χ1) is 9.65. The number of nitrogens with zero attached hydrogens (tertiary/aromatic N) is 1. The number of sulfonamides is 1. The molecule has 1 N–H and O–H groups in total. The summed E-state index contributed by atoms with van der Waals surface area (Å²) in [4.78, 5) is 0.362. The van der Waals surface area contributed by atoms with Crippen molar-refractivity contribution >= 4 is 21.6 Å². The van der Waals surface area contributed by atoms with Crippen LogP contribution in [0.2, 0.25) is 0 Å². The molecule has 1 aromatic heterocycles. The third-order valence-corrected chi connectivity index (χ3v) is 5.61. The Morgan fingerprint density at radius 2 is 2.00 bits per heavy atom. The van der Waals surface area contributed by atoms with Gasteiger partial charge in [0, 0.05) is 18.1 Å². The van der Waals surface area contributed by atoms with Crippen LogP contribution in [-0.4, -0.2) is 12.8 Å². The van der Waals surface area contributed by atoms with Gasteiger partial charge in [-0.15, -0.1) is 0 Å². The Morgan fingerprint density at radius 1 is 1.20 bits per heavy atom. The molecule has 1 aliphatic rings. The highest BCUT2D eigenvalue weighted by Gasteiger charge is 2.17. The summed E-state index contributed by atoms with van der Waals surface area (Å²) in [5, 5.41) is 1.84. The Balaban J connectivity index is 1.80. The van der Waals surface area contributed by atoms with Gasteiger partial charge in [0.25, 0.3) is 0 Å². The van der Waals surface area contributed by atoms with E-state index in [4.69, 9.17) is 0 Å². The lowest BCUT2D eigenvalue weighted by Crippen LogP contribution is -2.23. The van der Waals surface area contributed by atoms with E-state index in [9.17, 15) is 8.42 Å². The van der Waals surface area contributed by atoms with Gasteiger partial charge in [0.1, 0.15) is 0 Å². The predicted molar refractivity (Wildman–Crippen MR) is 79.2 cm³/mol. The highest BCUT2D eigenvalue weighted by molar-refractivity contribution is 7.89. The van der Waals surface area contributed by atoms with E-state index in [0.29, 0.717) is 4.90 Å². The Labute approximate surface area is 123 Å². The van der Waals surface area contributed by atoms with Crippen LogP contribution < -0.4 is 4.72 Å². The van der Waals surface area contributed by atoms with Crippen molar-refractivity contribution in [2.75, 3.05) is 0 Å². The second-order valence-corrected chi connectivity index (χ2v) is 7.42. The molecule has 106 valence electrons. The van der Waals surface area contributed by atoms with Gasteiger partial charge in [0.15, 0.2) is 0 Å². The molecule has 6 heteroatoms. The lowest BCUT2D eigenvalue weighted by Gasteiger charge is -2.16. The predicted octanol–water partition coefficient (Wildman–Crippen LogP) is 2.50. The van der Waals surface area contributed by atoms with Gasteiger partial charge in [0.2, 0.25) is 10.0 Å². The topological polar surface area (TPSA) is 59.1 Å². The van der Waals surface area contributed by atoms with Gasteiger partial charge in [0.05, 0.1) is 4.90 Å². The molecule has 0 spiro atoms. The summed E-state index contributed by atoms with van der Waals surface area (Å²) in [6, 6.07) is 5.48. The second kappa shape index (κ2) is 5.63. The minimum atomic E-state index is -3.44. The largest absolute Gasteiger partial charge is 0.240 e. The van der Waals surface area contributed by atoms with E-state index in [1.165, 1.54) is 29.1 Å². The SMILES string of the molecule is O=S(=O)(NCc1cnsc1)c1ccc2c(c1)CCCC2. The molecule has 0 unspecified atom stereocenters. The fraction of sp³-hybridized carbons (Fsp3) is 0.357. The van der Waals surface area contributed by atoms with Crippen LogP contribution in [0.25, 0.3) is 0 Å². The molecule has 1 aliphatic carbocycles. The average molecular weight is 308 g/mol. The highest BCUT2D eigenvalue weighted by atomic mass is 32.2. The lowest BCUT2D eigenvalue weighted by molar-refractivity contribution is 0.580. The quantitative estimate of drug-likeness (QED) is 0.944. The van der Waals surface area contributed by atoms with E-state index in [1.807, 2.05) is 17.5 Å². The van der Waals surface area contributed by atoms with E-state index in [2.05, 4.69) is 9.10 Å². The third-order valence-electron chi connectivity index (χ3n) is 3.58. The summed E-state index contributed by atoms with van der Waals surface area (Å²) in [5.41, 5.74) is 3.35. The summed E-state index contributed by atoms with van der Waals surface area (Å²) in [7, 11) is -3.44. The number of hydrogen-bond donors (Lipinski definition) is 1. The van der Waals surface area contributed by atoms with Gasteiger partial charge in [-0.1, -0.05) is 6.07 Å².